The molecule has 0 bridgehead atoms. The predicted octanol–water partition coefficient (Wildman–Crippen LogP) is 1.90. The number of fused-ring (bicyclic) bond motifs is 1. The Morgan fingerprint density at radius 1 is 1.15 bits per heavy atom. The van der Waals surface area contributed by atoms with Gasteiger partial charge in [0.05, 0.1) is 18.7 Å². The molecule has 1 aliphatic heterocycles. The van der Waals surface area contributed by atoms with Crippen LogP contribution in [-0.2, 0) is 6.54 Å². The van der Waals surface area contributed by atoms with Crippen LogP contribution in [0.3, 0.4) is 0 Å². The van der Waals surface area contributed by atoms with Crippen LogP contribution in [0, 0.1) is 5.82 Å². The van der Waals surface area contributed by atoms with Gasteiger partial charge < -0.3 is 10.1 Å². The minimum atomic E-state index is -0.280. The first-order valence-electron chi connectivity index (χ1n) is 8.96. The van der Waals surface area contributed by atoms with Crippen molar-refractivity contribution in [2.24, 2.45) is 0 Å². The maximum atomic E-state index is 13.1. The number of aromatic nitrogens is 2. The number of nitrogens with one attached hydrogen (secondary N) is 1. The van der Waals surface area contributed by atoms with Gasteiger partial charge in [-0.2, -0.15) is 0 Å². The van der Waals surface area contributed by atoms with Crippen LogP contribution in [0.1, 0.15) is 5.82 Å². The minimum absolute atomic E-state index is 0.132. The van der Waals surface area contributed by atoms with Gasteiger partial charge in [-0.15, -0.1) is 11.3 Å². The molecule has 6 nitrogen and oxygen atoms in total. The zero-order valence-corrected chi connectivity index (χ0v) is 15.6. The van der Waals surface area contributed by atoms with Gasteiger partial charge in [0, 0.05) is 37.6 Å². The van der Waals surface area contributed by atoms with Crippen molar-refractivity contribution < 1.29 is 9.50 Å². The highest BCUT2D eigenvalue weighted by Gasteiger charge is 2.18. The van der Waals surface area contributed by atoms with E-state index in [-0.39, 0.29) is 18.0 Å². The molecule has 0 atom stereocenters. The van der Waals surface area contributed by atoms with Gasteiger partial charge in [-0.05, 0) is 23.8 Å². The number of β-amino-alcohol motifs (C(OH)–C–C–N with tert-alkyl or cyclic N) is 1. The summed E-state index contributed by atoms with van der Waals surface area (Å²) < 4.78 is 13.7. The van der Waals surface area contributed by atoms with E-state index in [0.717, 1.165) is 36.6 Å². The molecule has 27 heavy (non-hydrogen) atoms. The number of thiophene rings is 1. The molecule has 142 valence electrons. The van der Waals surface area contributed by atoms with Crippen LogP contribution in [-0.4, -0.2) is 64.2 Å². The molecular weight excluding hydrogens is 367 g/mol. The molecule has 2 N–H and O–H groups in total. The van der Waals surface area contributed by atoms with E-state index in [1.54, 1.807) is 12.1 Å². The SMILES string of the molecule is O=c1[nH]c(CN2CCN(CCO)CC2)nc2cc(-c3ccc(F)cc3)sc12. The van der Waals surface area contributed by atoms with Crippen LogP contribution in [0.2, 0.25) is 0 Å². The number of aromatic amines is 1. The topological polar surface area (TPSA) is 72.5 Å². The first kappa shape index (κ1) is 18.2. The zero-order valence-electron chi connectivity index (χ0n) is 14.8. The van der Waals surface area contributed by atoms with Crippen molar-refractivity contribution in [2.45, 2.75) is 6.54 Å². The van der Waals surface area contributed by atoms with Crippen molar-refractivity contribution in [3.05, 3.63) is 52.3 Å². The van der Waals surface area contributed by atoms with E-state index in [9.17, 15) is 9.18 Å². The lowest BCUT2D eigenvalue weighted by Gasteiger charge is -2.33. The van der Waals surface area contributed by atoms with Gasteiger partial charge in [-0.1, -0.05) is 12.1 Å². The summed E-state index contributed by atoms with van der Waals surface area (Å²) in [5.74, 6) is 0.378. The van der Waals surface area contributed by atoms with Crippen LogP contribution in [0.4, 0.5) is 4.39 Å². The molecule has 2 aromatic heterocycles. The van der Waals surface area contributed by atoms with Crippen molar-refractivity contribution in [3.8, 4) is 10.4 Å². The number of rotatable bonds is 5. The van der Waals surface area contributed by atoms with Gasteiger partial charge >= 0.3 is 0 Å². The van der Waals surface area contributed by atoms with E-state index in [1.807, 2.05) is 6.07 Å². The lowest BCUT2D eigenvalue weighted by atomic mass is 10.2. The fraction of sp³-hybridized carbons (Fsp3) is 0.368. The average Bonchev–Trinajstić information content (AvgIpc) is 3.09. The maximum absolute atomic E-state index is 13.1. The van der Waals surface area contributed by atoms with Gasteiger partial charge in [0.15, 0.2) is 0 Å². The molecule has 1 aliphatic rings. The Morgan fingerprint density at radius 2 is 1.85 bits per heavy atom. The number of H-pyrrole nitrogens is 1. The minimum Gasteiger partial charge on any atom is -0.395 e. The Morgan fingerprint density at radius 3 is 2.56 bits per heavy atom. The van der Waals surface area contributed by atoms with E-state index in [1.165, 1.54) is 23.5 Å². The van der Waals surface area contributed by atoms with Crippen LogP contribution >= 0.6 is 11.3 Å². The predicted molar refractivity (Wildman–Crippen MR) is 104 cm³/mol. The Balaban J connectivity index is 1.53. The summed E-state index contributed by atoms with van der Waals surface area (Å²) in [6, 6.07) is 8.14. The zero-order chi connectivity index (χ0) is 18.8. The number of hydrogen-bond donors (Lipinski definition) is 2. The summed E-state index contributed by atoms with van der Waals surface area (Å²) in [6.45, 7) is 5.05. The van der Waals surface area contributed by atoms with Crippen LogP contribution in [0.5, 0.6) is 0 Å². The Labute approximate surface area is 159 Å². The van der Waals surface area contributed by atoms with Crippen molar-refractivity contribution in [1.29, 1.82) is 0 Å². The van der Waals surface area contributed by atoms with E-state index in [2.05, 4.69) is 19.8 Å². The number of nitrogens with zero attached hydrogens (tertiary/aromatic N) is 3. The number of aliphatic hydroxyl groups excluding tert-OH is 1. The summed E-state index contributed by atoms with van der Waals surface area (Å²) in [4.78, 5) is 25.4. The quantitative estimate of drug-likeness (QED) is 0.699. The smallest absolute Gasteiger partial charge is 0.268 e. The molecule has 1 aromatic carbocycles. The van der Waals surface area contributed by atoms with E-state index in [0.29, 0.717) is 29.1 Å². The summed E-state index contributed by atoms with van der Waals surface area (Å²) >= 11 is 1.37. The number of aliphatic hydroxyl groups is 1. The molecule has 3 aromatic rings. The number of hydrogen-bond acceptors (Lipinski definition) is 6. The van der Waals surface area contributed by atoms with Gasteiger partial charge in [0.25, 0.3) is 5.56 Å². The molecule has 8 heteroatoms. The lowest BCUT2D eigenvalue weighted by Crippen LogP contribution is -2.46. The Kier molecular flexibility index (Phi) is 5.31. The molecule has 4 rings (SSSR count). The third-order valence-electron chi connectivity index (χ3n) is 4.82. The molecule has 0 radical (unpaired) electrons. The van der Waals surface area contributed by atoms with Crippen LogP contribution in [0.25, 0.3) is 20.7 Å². The van der Waals surface area contributed by atoms with Gasteiger partial charge in [-0.25, -0.2) is 9.37 Å². The number of halogens is 1. The normalized spacial score (nSPS) is 16.2. The van der Waals surface area contributed by atoms with Crippen molar-refractivity contribution >= 4 is 21.6 Å². The van der Waals surface area contributed by atoms with Crippen LogP contribution < -0.4 is 5.56 Å². The monoisotopic (exact) mass is 388 g/mol. The highest BCUT2D eigenvalue weighted by atomic mass is 32.1. The van der Waals surface area contributed by atoms with Gasteiger partial charge in [0.1, 0.15) is 16.3 Å². The van der Waals surface area contributed by atoms with Crippen LogP contribution in [0.15, 0.2) is 35.1 Å². The van der Waals surface area contributed by atoms with E-state index < -0.39 is 0 Å². The third kappa shape index (κ3) is 4.08. The maximum Gasteiger partial charge on any atom is 0.268 e. The average molecular weight is 388 g/mol. The third-order valence-corrected chi connectivity index (χ3v) is 5.99. The molecule has 1 fully saturated rings. The summed E-state index contributed by atoms with van der Waals surface area (Å²) in [6.07, 6.45) is 0. The molecule has 0 unspecified atom stereocenters. The Hall–Kier alpha value is -2.13. The second-order valence-electron chi connectivity index (χ2n) is 6.69. The van der Waals surface area contributed by atoms with E-state index >= 15 is 0 Å². The number of benzene rings is 1. The Bertz CT molecular complexity index is 978. The fourth-order valence-corrected chi connectivity index (χ4v) is 4.34. The molecular formula is C19H21FN4O2S. The first-order chi connectivity index (χ1) is 13.1. The summed E-state index contributed by atoms with van der Waals surface area (Å²) in [7, 11) is 0. The standard InChI is InChI=1S/C19H21FN4O2S/c20-14-3-1-13(2-4-14)16-11-15-18(27-16)19(26)22-17(21-15)12-24-7-5-23(6-8-24)9-10-25/h1-4,11,25H,5-10,12H2,(H,21,22,26). The molecule has 3 heterocycles. The molecule has 1 saturated heterocycles. The van der Waals surface area contributed by atoms with Crippen molar-refractivity contribution in [2.75, 3.05) is 39.3 Å². The van der Waals surface area contributed by atoms with Crippen molar-refractivity contribution in [1.82, 2.24) is 19.8 Å². The lowest BCUT2D eigenvalue weighted by molar-refractivity contribution is 0.107. The van der Waals surface area contributed by atoms with Crippen molar-refractivity contribution in [3.63, 3.8) is 0 Å². The molecule has 0 saturated carbocycles. The number of piperazine rings is 1. The molecule has 0 amide bonds. The summed E-state index contributed by atoms with van der Waals surface area (Å²) in [5.41, 5.74) is 1.42. The fourth-order valence-electron chi connectivity index (χ4n) is 3.34. The highest BCUT2D eigenvalue weighted by Crippen LogP contribution is 2.30. The van der Waals surface area contributed by atoms with Gasteiger partial charge in [-0.3, -0.25) is 14.6 Å². The largest absolute Gasteiger partial charge is 0.395 e. The molecule has 0 spiro atoms. The highest BCUT2D eigenvalue weighted by molar-refractivity contribution is 7.22. The van der Waals surface area contributed by atoms with Gasteiger partial charge in [0.2, 0.25) is 0 Å². The van der Waals surface area contributed by atoms with E-state index in [4.69, 9.17) is 5.11 Å². The summed E-state index contributed by atoms with van der Waals surface area (Å²) in [5, 5.41) is 9.03. The molecule has 0 aliphatic carbocycles. The second-order valence-corrected chi connectivity index (χ2v) is 7.74. The first-order valence-corrected chi connectivity index (χ1v) is 9.78. The second kappa shape index (κ2) is 7.85.